The van der Waals surface area contributed by atoms with Gasteiger partial charge in [-0.05, 0) is 13.2 Å². The predicted molar refractivity (Wildman–Crippen MR) is 147 cm³/mol. The van der Waals surface area contributed by atoms with Gasteiger partial charge >= 0.3 is 17.9 Å². The van der Waals surface area contributed by atoms with Gasteiger partial charge in [0.15, 0.2) is 34.6 Å². The second kappa shape index (κ2) is 12.8. The van der Waals surface area contributed by atoms with Gasteiger partial charge in [-0.2, -0.15) is 0 Å². The number of carbonyl (C=O) groups excluding carboxylic acids is 4. The summed E-state index contributed by atoms with van der Waals surface area (Å²) in [4.78, 5) is 63.7. The standard InChI is InChI=1S/C24H31ClN6O8S/c1-12(32)36-10-16-19(37-13(2)33)24(4,39-14(3)34)22(38-16)31-9-15(27-17(35)8-25)18-20(26-11-30(5)6)28-23(40-7)29-21(18)31/h9,11,16,19,22H,8,10H2,1-7H3,(H,27,35)/t16-,19-,22?,24?/m1/s1. The molecule has 3 rings (SSSR count). The summed E-state index contributed by atoms with van der Waals surface area (Å²) >= 11 is 7.02. The molecule has 1 aliphatic heterocycles. The molecule has 1 N–H and O–H groups in total. The highest BCUT2D eigenvalue weighted by molar-refractivity contribution is 7.98. The maximum absolute atomic E-state index is 12.4. The van der Waals surface area contributed by atoms with E-state index in [2.05, 4.69) is 20.3 Å². The van der Waals surface area contributed by atoms with E-state index >= 15 is 0 Å². The number of aliphatic imine (C=N–C) groups is 1. The highest BCUT2D eigenvalue weighted by atomic mass is 35.5. The van der Waals surface area contributed by atoms with Gasteiger partial charge in [0.05, 0.1) is 17.4 Å². The van der Waals surface area contributed by atoms with E-state index in [1.807, 2.05) is 0 Å². The predicted octanol–water partition coefficient (Wildman–Crippen LogP) is 2.27. The molecule has 14 nitrogen and oxygen atoms in total. The SMILES string of the molecule is CSc1nc(N=CN(C)C)c2c(NC(=O)CCl)cn(C3O[C@H](COC(C)=O)[C@@H](OC(C)=O)C3(C)OC(C)=O)c2n1. The number of rotatable bonds is 10. The average molecular weight is 599 g/mol. The Morgan fingerprint density at radius 2 is 1.93 bits per heavy atom. The number of thioether (sulfide) groups is 1. The third kappa shape index (κ3) is 6.82. The van der Waals surface area contributed by atoms with Crippen molar-refractivity contribution in [2.75, 3.05) is 38.2 Å². The van der Waals surface area contributed by atoms with Crippen molar-refractivity contribution < 1.29 is 38.1 Å². The number of nitrogens with one attached hydrogen (secondary N) is 1. The van der Waals surface area contributed by atoms with Crippen LogP contribution in [0.2, 0.25) is 0 Å². The number of alkyl halides is 1. The topological polar surface area (TPSA) is 164 Å². The summed E-state index contributed by atoms with van der Waals surface area (Å²) in [5.41, 5.74) is -1.09. The summed E-state index contributed by atoms with van der Waals surface area (Å²) in [6.45, 7) is 4.86. The molecular formula is C24H31ClN6O8S. The van der Waals surface area contributed by atoms with Gasteiger partial charge in [0.25, 0.3) is 0 Å². The molecule has 2 aromatic rings. The normalized spacial score (nSPS) is 22.4. The number of halogens is 1. The second-order valence-electron chi connectivity index (χ2n) is 9.21. The number of esters is 3. The molecule has 1 fully saturated rings. The van der Waals surface area contributed by atoms with Crippen molar-refractivity contribution in [2.45, 2.75) is 56.9 Å². The van der Waals surface area contributed by atoms with Crippen LogP contribution in [0, 0.1) is 0 Å². The van der Waals surface area contributed by atoms with E-state index in [1.54, 1.807) is 25.3 Å². The van der Waals surface area contributed by atoms with Gasteiger partial charge in [-0.15, -0.1) is 11.6 Å². The Hall–Kier alpha value is -3.43. The lowest BCUT2D eigenvalue weighted by Crippen LogP contribution is -2.50. The molecule has 1 saturated heterocycles. The van der Waals surface area contributed by atoms with Gasteiger partial charge in [-0.25, -0.2) is 15.0 Å². The van der Waals surface area contributed by atoms with Gasteiger partial charge < -0.3 is 29.2 Å². The molecule has 1 amide bonds. The van der Waals surface area contributed by atoms with Crippen LogP contribution in [-0.2, 0) is 38.1 Å². The monoisotopic (exact) mass is 598 g/mol. The first-order valence-corrected chi connectivity index (χ1v) is 13.7. The molecule has 0 radical (unpaired) electrons. The summed E-state index contributed by atoms with van der Waals surface area (Å²) in [6, 6.07) is 0. The minimum Gasteiger partial charge on any atom is -0.463 e. The quantitative estimate of drug-likeness (QED) is 0.0808. The van der Waals surface area contributed by atoms with Crippen molar-refractivity contribution in [3.8, 4) is 0 Å². The van der Waals surface area contributed by atoms with Gasteiger partial charge in [-0.1, -0.05) is 11.8 Å². The van der Waals surface area contributed by atoms with Crippen LogP contribution in [0.25, 0.3) is 11.0 Å². The van der Waals surface area contributed by atoms with Crippen LogP contribution >= 0.6 is 23.4 Å². The number of ether oxygens (including phenoxy) is 4. The Labute approximate surface area is 239 Å². The van der Waals surface area contributed by atoms with Crippen LogP contribution in [0.5, 0.6) is 0 Å². The number of carbonyl (C=O) groups is 4. The van der Waals surface area contributed by atoms with Crippen LogP contribution < -0.4 is 5.32 Å². The van der Waals surface area contributed by atoms with E-state index < -0.39 is 47.9 Å². The van der Waals surface area contributed by atoms with Crippen molar-refractivity contribution in [1.82, 2.24) is 19.4 Å². The summed E-state index contributed by atoms with van der Waals surface area (Å²) in [5, 5.41) is 3.43. The highest BCUT2D eigenvalue weighted by Gasteiger charge is 2.60. The summed E-state index contributed by atoms with van der Waals surface area (Å²) < 4.78 is 24.3. The molecule has 4 atom stereocenters. The number of fused-ring (bicyclic) bond motifs is 1. The van der Waals surface area contributed by atoms with Crippen molar-refractivity contribution >= 4 is 76.1 Å². The van der Waals surface area contributed by atoms with Crippen LogP contribution in [0.4, 0.5) is 11.5 Å². The number of hydrogen-bond acceptors (Lipinski definition) is 12. The molecule has 40 heavy (non-hydrogen) atoms. The summed E-state index contributed by atoms with van der Waals surface area (Å²) in [6.07, 6.45) is 1.48. The van der Waals surface area contributed by atoms with Gasteiger partial charge in [0.2, 0.25) is 5.91 Å². The molecule has 3 heterocycles. The third-order valence-corrected chi connectivity index (χ3v) is 6.47. The molecule has 0 spiro atoms. The minimum atomic E-state index is -1.63. The van der Waals surface area contributed by atoms with Crippen molar-refractivity contribution in [3.63, 3.8) is 0 Å². The lowest BCUT2D eigenvalue weighted by Gasteiger charge is -2.34. The lowest BCUT2D eigenvalue weighted by molar-refractivity contribution is -0.184. The number of anilines is 1. The fraction of sp³-hybridized carbons (Fsp3) is 0.542. The fourth-order valence-corrected chi connectivity index (χ4v) is 4.68. The molecule has 2 unspecified atom stereocenters. The Bertz CT molecular complexity index is 1330. The average Bonchev–Trinajstić information content (AvgIpc) is 3.34. The molecule has 0 aliphatic carbocycles. The van der Waals surface area contributed by atoms with E-state index in [1.165, 1.54) is 56.6 Å². The zero-order valence-electron chi connectivity index (χ0n) is 23.1. The molecular weight excluding hydrogens is 568 g/mol. The second-order valence-corrected chi connectivity index (χ2v) is 10.3. The third-order valence-electron chi connectivity index (χ3n) is 5.68. The molecule has 0 bridgehead atoms. The highest BCUT2D eigenvalue weighted by Crippen LogP contribution is 2.46. The van der Waals surface area contributed by atoms with Crippen molar-refractivity contribution in [1.29, 1.82) is 0 Å². The zero-order chi connectivity index (χ0) is 29.8. The molecule has 218 valence electrons. The molecule has 16 heteroatoms. The summed E-state index contributed by atoms with van der Waals surface area (Å²) in [5.74, 6) is -2.51. The van der Waals surface area contributed by atoms with Crippen molar-refractivity contribution in [2.24, 2.45) is 4.99 Å². The van der Waals surface area contributed by atoms with E-state index in [4.69, 9.17) is 30.5 Å². The first kappa shape index (κ1) is 31.1. The smallest absolute Gasteiger partial charge is 0.303 e. The lowest BCUT2D eigenvalue weighted by atomic mass is 9.95. The van der Waals surface area contributed by atoms with E-state index in [-0.39, 0.29) is 29.6 Å². The van der Waals surface area contributed by atoms with Gasteiger partial charge in [0, 0.05) is 41.1 Å². The Balaban J connectivity index is 2.32. The van der Waals surface area contributed by atoms with Crippen LogP contribution in [0.15, 0.2) is 16.3 Å². The Morgan fingerprint density at radius 3 is 2.48 bits per heavy atom. The number of nitrogens with zero attached hydrogens (tertiary/aromatic N) is 5. The minimum absolute atomic E-state index is 0.242. The van der Waals surface area contributed by atoms with Gasteiger partial charge in [0.1, 0.15) is 18.6 Å². The Kier molecular flexibility index (Phi) is 9.97. The van der Waals surface area contributed by atoms with Gasteiger partial charge in [-0.3, -0.25) is 23.7 Å². The fourth-order valence-electron chi connectivity index (χ4n) is 4.26. The number of amides is 1. The number of hydrogen-bond donors (Lipinski definition) is 1. The number of aromatic nitrogens is 3. The van der Waals surface area contributed by atoms with E-state index in [9.17, 15) is 19.2 Å². The maximum Gasteiger partial charge on any atom is 0.303 e. The molecule has 1 aliphatic rings. The van der Waals surface area contributed by atoms with Crippen LogP contribution in [-0.4, -0.2) is 100 Å². The molecule has 0 saturated carbocycles. The van der Waals surface area contributed by atoms with Crippen molar-refractivity contribution in [3.05, 3.63) is 6.20 Å². The first-order valence-electron chi connectivity index (χ1n) is 12.0. The molecule has 2 aromatic heterocycles. The maximum atomic E-state index is 12.4. The first-order chi connectivity index (χ1) is 18.8. The molecule has 0 aromatic carbocycles. The summed E-state index contributed by atoms with van der Waals surface area (Å²) in [7, 11) is 3.57. The van der Waals surface area contributed by atoms with E-state index in [0.29, 0.717) is 10.5 Å². The van der Waals surface area contributed by atoms with Crippen LogP contribution in [0.3, 0.4) is 0 Å². The van der Waals surface area contributed by atoms with E-state index in [0.717, 1.165) is 0 Å². The van der Waals surface area contributed by atoms with Crippen LogP contribution in [0.1, 0.15) is 33.9 Å². The zero-order valence-corrected chi connectivity index (χ0v) is 24.7. The Morgan fingerprint density at radius 1 is 1.23 bits per heavy atom. The largest absolute Gasteiger partial charge is 0.463 e.